The summed E-state index contributed by atoms with van der Waals surface area (Å²) in [4.78, 5) is 30.5. The van der Waals surface area contributed by atoms with Crippen molar-refractivity contribution in [2.24, 2.45) is 5.92 Å². The molecule has 1 amide bonds. The van der Waals surface area contributed by atoms with Gasteiger partial charge in [-0.2, -0.15) is 0 Å². The van der Waals surface area contributed by atoms with Gasteiger partial charge >= 0.3 is 0 Å². The standard InChI is InChI=1S/C23H27N3O5S2/c1-16-12-19(33(29,30)15-18-8-5-10-31-18)14-21(27)26(16)20(13-17-6-3-2-4-7-17)22(28)25-23-24-9-11-32-23/h5,8-12,14,17,20H,2-4,6-7,13,15H2,1H3,(H,24,25,28). The van der Waals surface area contributed by atoms with Gasteiger partial charge in [0.2, 0.25) is 5.91 Å². The van der Waals surface area contributed by atoms with E-state index in [4.69, 9.17) is 4.42 Å². The van der Waals surface area contributed by atoms with E-state index in [0.717, 1.165) is 31.7 Å². The largest absolute Gasteiger partial charge is 0.468 e. The topological polar surface area (TPSA) is 111 Å². The molecule has 1 fully saturated rings. The fraction of sp³-hybridized carbons (Fsp3) is 0.435. The van der Waals surface area contributed by atoms with Crippen molar-refractivity contribution in [1.82, 2.24) is 9.55 Å². The molecule has 3 heterocycles. The summed E-state index contributed by atoms with van der Waals surface area (Å²) in [5, 5.41) is 5.05. The molecule has 1 aliphatic carbocycles. The molecule has 1 unspecified atom stereocenters. The van der Waals surface area contributed by atoms with E-state index < -0.39 is 21.4 Å². The van der Waals surface area contributed by atoms with E-state index in [2.05, 4.69) is 10.3 Å². The van der Waals surface area contributed by atoms with Crippen molar-refractivity contribution in [2.75, 3.05) is 5.32 Å². The number of aromatic nitrogens is 2. The number of carbonyl (C=O) groups is 1. The molecule has 10 heteroatoms. The summed E-state index contributed by atoms with van der Waals surface area (Å²) < 4.78 is 32.3. The van der Waals surface area contributed by atoms with Gasteiger partial charge < -0.3 is 14.3 Å². The van der Waals surface area contributed by atoms with Crippen LogP contribution in [0.1, 0.15) is 56.0 Å². The molecular weight excluding hydrogens is 462 g/mol. The minimum atomic E-state index is -3.78. The van der Waals surface area contributed by atoms with Crippen LogP contribution in [0.15, 0.2) is 56.2 Å². The van der Waals surface area contributed by atoms with Crippen LogP contribution >= 0.6 is 11.3 Å². The van der Waals surface area contributed by atoms with Crippen molar-refractivity contribution in [1.29, 1.82) is 0 Å². The Labute approximate surface area is 196 Å². The number of hydrogen-bond donors (Lipinski definition) is 1. The van der Waals surface area contributed by atoms with Gasteiger partial charge in [0.25, 0.3) is 5.56 Å². The van der Waals surface area contributed by atoms with E-state index in [1.165, 1.54) is 34.7 Å². The molecule has 0 radical (unpaired) electrons. The van der Waals surface area contributed by atoms with Crippen LogP contribution in [0.3, 0.4) is 0 Å². The van der Waals surface area contributed by atoms with Crippen LogP contribution in [0.4, 0.5) is 5.13 Å². The molecule has 3 aromatic heterocycles. The average molecular weight is 490 g/mol. The Balaban J connectivity index is 1.66. The van der Waals surface area contributed by atoms with Gasteiger partial charge in [-0.1, -0.05) is 32.1 Å². The highest BCUT2D eigenvalue weighted by Gasteiger charge is 2.29. The van der Waals surface area contributed by atoms with E-state index in [9.17, 15) is 18.0 Å². The summed E-state index contributed by atoms with van der Waals surface area (Å²) in [5.41, 5.74) is -0.0845. The van der Waals surface area contributed by atoms with Gasteiger partial charge in [0, 0.05) is 23.3 Å². The molecule has 1 N–H and O–H groups in total. The van der Waals surface area contributed by atoms with E-state index in [1.807, 2.05) is 0 Å². The maximum atomic E-state index is 13.2. The Morgan fingerprint density at radius 2 is 2.09 bits per heavy atom. The third-order valence-electron chi connectivity index (χ3n) is 6.06. The minimum Gasteiger partial charge on any atom is -0.468 e. The van der Waals surface area contributed by atoms with Crippen molar-refractivity contribution < 1.29 is 17.6 Å². The number of pyridine rings is 1. The second-order valence-corrected chi connectivity index (χ2v) is 11.3. The summed E-state index contributed by atoms with van der Waals surface area (Å²) in [7, 11) is -3.78. The predicted molar refractivity (Wildman–Crippen MR) is 126 cm³/mol. The number of carbonyl (C=O) groups excluding carboxylic acids is 1. The number of rotatable bonds is 8. The molecule has 0 bridgehead atoms. The number of thiazole rings is 1. The SMILES string of the molecule is Cc1cc(S(=O)(=O)Cc2ccco2)cc(=O)n1C(CC1CCCCC1)C(=O)Nc1nccs1. The smallest absolute Gasteiger partial charge is 0.252 e. The Hall–Kier alpha value is -2.72. The first-order valence-corrected chi connectivity index (χ1v) is 13.6. The number of amides is 1. The number of aryl methyl sites for hydroxylation is 1. The molecule has 0 saturated heterocycles. The second-order valence-electron chi connectivity index (χ2n) is 8.46. The van der Waals surface area contributed by atoms with Gasteiger partial charge in [0.15, 0.2) is 15.0 Å². The normalized spacial score (nSPS) is 15.9. The highest BCUT2D eigenvalue weighted by Crippen LogP contribution is 2.32. The van der Waals surface area contributed by atoms with Crippen LogP contribution in [0, 0.1) is 12.8 Å². The molecule has 1 atom stereocenters. The van der Waals surface area contributed by atoms with E-state index >= 15 is 0 Å². The summed E-state index contributed by atoms with van der Waals surface area (Å²) in [6, 6.07) is 5.02. The average Bonchev–Trinajstić information content (AvgIpc) is 3.47. The highest BCUT2D eigenvalue weighted by atomic mass is 32.2. The first-order valence-electron chi connectivity index (χ1n) is 11.0. The lowest BCUT2D eigenvalue weighted by Crippen LogP contribution is -2.36. The van der Waals surface area contributed by atoms with Crippen LogP contribution in [-0.4, -0.2) is 23.9 Å². The molecule has 3 aromatic rings. The van der Waals surface area contributed by atoms with Gasteiger partial charge in [-0.3, -0.25) is 9.59 Å². The molecule has 4 rings (SSSR count). The lowest BCUT2D eigenvalue weighted by Gasteiger charge is -2.28. The van der Waals surface area contributed by atoms with Crippen LogP contribution in [0.5, 0.6) is 0 Å². The van der Waals surface area contributed by atoms with E-state index in [-0.39, 0.29) is 16.6 Å². The summed E-state index contributed by atoms with van der Waals surface area (Å²) in [6.45, 7) is 1.66. The van der Waals surface area contributed by atoms with Crippen molar-refractivity contribution in [3.63, 3.8) is 0 Å². The van der Waals surface area contributed by atoms with Crippen molar-refractivity contribution in [2.45, 2.75) is 62.1 Å². The highest BCUT2D eigenvalue weighted by molar-refractivity contribution is 7.90. The number of furan rings is 1. The molecule has 0 aromatic carbocycles. The zero-order valence-electron chi connectivity index (χ0n) is 18.4. The Morgan fingerprint density at radius 3 is 2.73 bits per heavy atom. The molecule has 176 valence electrons. The number of nitrogens with zero attached hydrogens (tertiary/aromatic N) is 2. The summed E-state index contributed by atoms with van der Waals surface area (Å²) in [6.07, 6.45) is 8.99. The Morgan fingerprint density at radius 1 is 1.30 bits per heavy atom. The number of hydrogen-bond acceptors (Lipinski definition) is 7. The first-order chi connectivity index (χ1) is 15.8. The van der Waals surface area contributed by atoms with Crippen LogP contribution in [-0.2, 0) is 20.4 Å². The maximum Gasteiger partial charge on any atom is 0.252 e. The Bertz CT molecular complexity index is 1240. The summed E-state index contributed by atoms with van der Waals surface area (Å²) >= 11 is 1.31. The lowest BCUT2D eigenvalue weighted by molar-refractivity contribution is -0.120. The number of nitrogens with one attached hydrogen (secondary N) is 1. The van der Waals surface area contributed by atoms with Gasteiger partial charge in [-0.15, -0.1) is 11.3 Å². The molecule has 0 aliphatic heterocycles. The predicted octanol–water partition coefficient (Wildman–Crippen LogP) is 4.33. The second kappa shape index (κ2) is 10.0. The molecule has 1 aliphatic rings. The third kappa shape index (κ3) is 5.62. The monoisotopic (exact) mass is 489 g/mol. The van der Waals surface area contributed by atoms with Crippen molar-refractivity contribution >= 4 is 32.2 Å². The van der Waals surface area contributed by atoms with Crippen molar-refractivity contribution in [3.8, 4) is 0 Å². The Kier molecular flexibility index (Phi) is 7.14. The van der Waals surface area contributed by atoms with Crippen LogP contribution in [0.25, 0.3) is 0 Å². The van der Waals surface area contributed by atoms with Gasteiger partial charge in [-0.05, 0) is 37.5 Å². The van der Waals surface area contributed by atoms with Gasteiger partial charge in [0.05, 0.1) is 11.2 Å². The molecule has 8 nitrogen and oxygen atoms in total. The maximum absolute atomic E-state index is 13.2. The zero-order valence-corrected chi connectivity index (χ0v) is 20.0. The zero-order chi connectivity index (χ0) is 23.4. The number of sulfone groups is 1. The molecule has 33 heavy (non-hydrogen) atoms. The lowest BCUT2D eigenvalue weighted by atomic mass is 9.84. The van der Waals surface area contributed by atoms with Gasteiger partial charge in [-0.25, -0.2) is 13.4 Å². The fourth-order valence-electron chi connectivity index (χ4n) is 4.47. The third-order valence-corrected chi connectivity index (χ3v) is 8.37. The first kappa shape index (κ1) is 23.4. The summed E-state index contributed by atoms with van der Waals surface area (Å²) in [5.74, 6) is -0.0138. The minimum absolute atomic E-state index is 0.0746. The van der Waals surface area contributed by atoms with Crippen molar-refractivity contribution in [3.05, 3.63) is 63.9 Å². The molecule has 0 spiro atoms. The molecule has 1 saturated carbocycles. The van der Waals surface area contributed by atoms with Gasteiger partial charge in [0.1, 0.15) is 17.6 Å². The fourth-order valence-corrected chi connectivity index (χ4v) is 6.34. The number of anilines is 1. The van der Waals surface area contributed by atoms with Crippen LogP contribution < -0.4 is 10.9 Å². The molecular formula is C23H27N3O5S2. The van der Waals surface area contributed by atoms with E-state index in [1.54, 1.807) is 30.6 Å². The quantitative estimate of drug-likeness (QED) is 0.504. The van der Waals surface area contributed by atoms with E-state index in [0.29, 0.717) is 28.9 Å². The van der Waals surface area contributed by atoms with Crippen LogP contribution in [0.2, 0.25) is 0 Å².